The summed E-state index contributed by atoms with van der Waals surface area (Å²) in [6, 6.07) is 20.4. The first-order chi connectivity index (χ1) is 16.4. The van der Waals surface area contributed by atoms with Gasteiger partial charge < -0.3 is 0 Å². The highest BCUT2D eigenvalue weighted by Gasteiger charge is 2.14. The number of hydrogen-bond donors (Lipinski definition) is 1. The average molecular weight is 456 g/mol. The number of carbonyl (C=O) groups is 1. The Bertz CT molecular complexity index is 1380. The molecule has 11 nitrogen and oxygen atoms in total. The number of nitrogens with zero attached hydrogens (tertiary/aromatic N) is 5. The van der Waals surface area contributed by atoms with Crippen LogP contribution < -0.4 is 5.43 Å². The molecule has 1 N–H and O–H groups in total. The third kappa shape index (κ3) is 4.83. The molecule has 1 heterocycles. The van der Waals surface area contributed by atoms with Crippen LogP contribution in [0.2, 0.25) is 0 Å². The van der Waals surface area contributed by atoms with Gasteiger partial charge in [0.15, 0.2) is 0 Å². The standard InChI is InChI=1S/C23H16N6O5/c30-23(17-8-12-21(13-9-17)29(33)34)25-24-14-18-15-27(19-4-2-1-3-5-19)26-22(18)16-6-10-20(11-7-16)28(31)32/h1-15H,(H,25,30). The van der Waals surface area contributed by atoms with Crippen LogP contribution in [-0.2, 0) is 0 Å². The molecule has 1 amide bonds. The van der Waals surface area contributed by atoms with Crippen molar-refractivity contribution in [3.8, 4) is 16.9 Å². The molecule has 34 heavy (non-hydrogen) atoms. The highest BCUT2D eigenvalue weighted by Crippen LogP contribution is 2.25. The van der Waals surface area contributed by atoms with Gasteiger partial charge in [-0.05, 0) is 36.4 Å². The molecule has 4 rings (SSSR count). The summed E-state index contributed by atoms with van der Waals surface area (Å²) in [7, 11) is 0. The number of non-ortho nitro benzene ring substituents is 2. The maximum atomic E-state index is 12.3. The summed E-state index contributed by atoms with van der Waals surface area (Å²) >= 11 is 0. The third-order valence-corrected chi connectivity index (χ3v) is 4.82. The third-order valence-electron chi connectivity index (χ3n) is 4.82. The van der Waals surface area contributed by atoms with Gasteiger partial charge in [0.25, 0.3) is 17.3 Å². The molecule has 0 radical (unpaired) electrons. The number of hydrazone groups is 1. The Kier molecular flexibility index (Phi) is 6.17. The molecule has 0 bridgehead atoms. The van der Waals surface area contributed by atoms with Gasteiger partial charge in [0.05, 0.1) is 21.7 Å². The molecule has 11 heteroatoms. The van der Waals surface area contributed by atoms with E-state index in [-0.39, 0.29) is 16.9 Å². The van der Waals surface area contributed by atoms with Crippen LogP contribution in [0.5, 0.6) is 0 Å². The predicted octanol–water partition coefficient (Wildman–Crippen LogP) is 4.12. The molecule has 4 aromatic rings. The van der Waals surface area contributed by atoms with E-state index < -0.39 is 15.8 Å². The van der Waals surface area contributed by atoms with Gasteiger partial charge in [-0.1, -0.05) is 18.2 Å². The minimum absolute atomic E-state index is 0.0446. The number of nitrogens with one attached hydrogen (secondary N) is 1. The zero-order valence-electron chi connectivity index (χ0n) is 17.4. The summed E-state index contributed by atoms with van der Waals surface area (Å²) in [4.78, 5) is 33.0. The van der Waals surface area contributed by atoms with Crippen LogP contribution >= 0.6 is 0 Å². The van der Waals surface area contributed by atoms with Crippen molar-refractivity contribution in [1.29, 1.82) is 0 Å². The fraction of sp³-hybridized carbons (Fsp3) is 0. The average Bonchev–Trinajstić information content (AvgIpc) is 3.29. The van der Waals surface area contributed by atoms with E-state index in [4.69, 9.17) is 0 Å². The predicted molar refractivity (Wildman–Crippen MR) is 124 cm³/mol. The lowest BCUT2D eigenvalue weighted by atomic mass is 10.1. The van der Waals surface area contributed by atoms with Gasteiger partial charge in [-0.15, -0.1) is 0 Å². The molecule has 0 aliphatic heterocycles. The molecule has 0 aliphatic carbocycles. The highest BCUT2D eigenvalue weighted by atomic mass is 16.6. The first-order valence-electron chi connectivity index (χ1n) is 9.90. The number of para-hydroxylation sites is 1. The molecular formula is C23H16N6O5. The zero-order chi connectivity index (χ0) is 24.1. The van der Waals surface area contributed by atoms with E-state index in [1.807, 2.05) is 30.3 Å². The molecule has 0 unspecified atom stereocenters. The summed E-state index contributed by atoms with van der Waals surface area (Å²) in [5, 5.41) is 30.3. The van der Waals surface area contributed by atoms with Crippen LogP contribution in [0.3, 0.4) is 0 Å². The van der Waals surface area contributed by atoms with Gasteiger partial charge in [0, 0.05) is 47.2 Å². The lowest BCUT2D eigenvalue weighted by molar-refractivity contribution is -0.385. The van der Waals surface area contributed by atoms with Gasteiger partial charge >= 0.3 is 0 Å². The van der Waals surface area contributed by atoms with Gasteiger partial charge in [-0.25, -0.2) is 10.1 Å². The van der Waals surface area contributed by atoms with Crippen LogP contribution in [-0.4, -0.2) is 31.7 Å². The van der Waals surface area contributed by atoms with Crippen molar-refractivity contribution >= 4 is 23.5 Å². The smallest absolute Gasteiger partial charge is 0.267 e. The second-order valence-corrected chi connectivity index (χ2v) is 7.02. The van der Waals surface area contributed by atoms with E-state index in [0.29, 0.717) is 16.8 Å². The van der Waals surface area contributed by atoms with Crippen molar-refractivity contribution in [3.05, 3.63) is 116 Å². The van der Waals surface area contributed by atoms with Crippen molar-refractivity contribution < 1.29 is 14.6 Å². The van der Waals surface area contributed by atoms with Crippen molar-refractivity contribution in [1.82, 2.24) is 15.2 Å². The fourth-order valence-corrected chi connectivity index (χ4v) is 3.12. The summed E-state index contributed by atoms with van der Waals surface area (Å²) in [5.74, 6) is -0.543. The molecule has 3 aromatic carbocycles. The molecule has 0 atom stereocenters. The number of amides is 1. The summed E-state index contributed by atoms with van der Waals surface area (Å²) in [5.41, 5.74) is 4.90. The lowest BCUT2D eigenvalue weighted by Gasteiger charge is -2.01. The Morgan fingerprint density at radius 3 is 2.06 bits per heavy atom. The normalized spacial score (nSPS) is 10.8. The lowest BCUT2D eigenvalue weighted by Crippen LogP contribution is -2.17. The van der Waals surface area contributed by atoms with Crippen LogP contribution in [0.25, 0.3) is 16.9 Å². The monoisotopic (exact) mass is 456 g/mol. The molecule has 0 saturated carbocycles. The molecule has 0 spiro atoms. The Hall–Kier alpha value is -5.19. The number of rotatable bonds is 7. The second-order valence-electron chi connectivity index (χ2n) is 7.02. The number of benzene rings is 3. The molecule has 1 aromatic heterocycles. The Morgan fingerprint density at radius 2 is 1.47 bits per heavy atom. The van der Waals surface area contributed by atoms with Gasteiger partial charge in [-0.3, -0.25) is 25.0 Å². The van der Waals surface area contributed by atoms with Gasteiger partial charge in [0.2, 0.25) is 0 Å². The number of nitro benzene ring substituents is 2. The largest absolute Gasteiger partial charge is 0.271 e. The first kappa shape index (κ1) is 22.0. The topological polar surface area (TPSA) is 146 Å². The molecule has 0 aliphatic rings. The molecule has 168 valence electrons. The van der Waals surface area contributed by atoms with E-state index in [1.54, 1.807) is 23.0 Å². The van der Waals surface area contributed by atoms with Crippen molar-refractivity contribution in [2.75, 3.05) is 0 Å². The summed E-state index contributed by atoms with van der Waals surface area (Å²) < 4.78 is 1.64. The Labute approximate surface area is 192 Å². The number of carbonyl (C=O) groups excluding carboxylic acids is 1. The number of hydrogen-bond acceptors (Lipinski definition) is 7. The van der Waals surface area contributed by atoms with E-state index in [9.17, 15) is 25.0 Å². The maximum Gasteiger partial charge on any atom is 0.271 e. The SMILES string of the molecule is O=C(NN=Cc1cn(-c2ccccc2)nc1-c1ccc([N+](=O)[O-])cc1)c1ccc([N+](=O)[O-])cc1. The van der Waals surface area contributed by atoms with Crippen LogP contribution in [0, 0.1) is 20.2 Å². The maximum absolute atomic E-state index is 12.3. The van der Waals surface area contributed by atoms with Crippen molar-refractivity contribution in [3.63, 3.8) is 0 Å². The quantitative estimate of drug-likeness (QED) is 0.251. The minimum atomic E-state index is -0.552. The fourth-order valence-electron chi connectivity index (χ4n) is 3.12. The van der Waals surface area contributed by atoms with Gasteiger partial charge in [-0.2, -0.15) is 10.2 Å². The van der Waals surface area contributed by atoms with Crippen molar-refractivity contribution in [2.24, 2.45) is 5.10 Å². The first-order valence-corrected chi connectivity index (χ1v) is 9.90. The van der Waals surface area contributed by atoms with Crippen LogP contribution in [0.15, 0.2) is 90.2 Å². The second kappa shape index (κ2) is 9.53. The van der Waals surface area contributed by atoms with Crippen LogP contribution in [0.1, 0.15) is 15.9 Å². The molecule has 0 fully saturated rings. The number of aromatic nitrogens is 2. The van der Waals surface area contributed by atoms with Crippen molar-refractivity contribution in [2.45, 2.75) is 0 Å². The number of nitro groups is 2. The Balaban J connectivity index is 1.61. The zero-order valence-corrected chi connectivity index (χ0v) is 17.4. The van der Waals surface area contributed by atoms with E-state index in [1.165, 1.54) is 42.6 Å². The minimum Gasteiger partial charge on any atom is -0.267 e. The van der Waals surface area contributed by atoms with E-state index in [0.717, 1.165) is 5.69 Å². The molecular weight excluding hydrogens is 440 g/mol. The Morgan fingerprint density at radius 1 is 0.882 bits per heavy atom. The van der Waals surface area contributed by atoms with E-state index >= 15 is 0 Å². The van der Waals surface area contributed by atoms with Crippen LogP contribution in [0.4, 0.5) is 11.4 Å². The summed E-state index contributed by atoms with van der Waals surface area (Å²) in [6.45, 7) is 0. The molecule has 0 saturated heterocycles. The highest BCUT2D eigenvalue weighted by molar-refractivity contribution is 5.95. The van der Waals surface area contributed by atoms with Gasteiger partial charge in [0.1, 0.15) is 5.69 Å². The summed E-state index contributed by atoms with van der Waals surface area (Å²) in [6.07, 6.45) is 3.13. The van der Waals surface area contributed by atoms with E-state index in [2.05, 4.69) is 15.6 Å².